The van der Waals surface area contributed by atoms with Gasteiger partial charge in [0.25, 0.3) is 5.91 Å². The highest BCUT2D eigenvalue weighted by atomic mass is 16.5. The molecular weight excluding hydrogens is 300 g/mol. The van der Waals surface area contributed by atoms with E-state index in [2.05, 4.69) is 10.5 Å². The zero-order valence-electron chi connectivity index (χ0n) is 12.6. The molecule has 4 N–H and O–H groups in total. The number of nitrogens with one attached hydrogen (secondary N) is 1. The second-order valence-electron chi connectivity index (χ2n) is 4.73. The minimum absolute atomic E-state index is 0.0379. The Labute approximate surface area is 132 Å². The Kier molecular flexibility index (Phi) is 4.70. The maximum Gasteiger partial charge on any atom is 0.271 e. The van der Waals surface area contributed by atoms with Crippen molar-refractivity contribution in [1.82, 2.24) is 5.43 Å². The normalized spacial score (nSPS) is 11.1. The van der Waals surface area contributed by atoms with Crippen LogP contribution in [-0.4, -0.2) is 34.0 Å². The van der Waals surface area contributed by atoms with E-state index in [1.54, 1.807) is 38.3 Å². The second-order valence-corrected chi connectivity index (χ2v) is 4.73. The monoisotopic (exact) mass is 316 g/mol. The lowest BCUT2D eigenvalue weighted by Crippen LogP contribution is -2.19. The summed E-state index contributed by atoms with van der Waals surface area (Å²) in [7, 11) is 1.57. The van der Waals surface area contributed by atoms with Crippen LogP contribution in [0.25, 0.3) is 0 Å². The fraction of sp³-hybridized carbons (Fsp3) is 0.125. The molecule has 0 atom stereocenters. The summed E-state index contributed by atoms with van der Waals surface area (Å²) in [6.45, 7) is 1.72. The molecular formula is C16H16N2O5. The van der Waals surface area contributed by atoms with E-state index in [1.807, 2.05) is 0 Å². The molecule has 2 rings (SSSR count). The van der Waals surface area contributed by atoms with Gasteiger partial charge in [0.15, 0.2) is 17.2 Å². The van der Waals surface area contributed by atoms with Crippen molar-refractivity contribution in [3.63, 3.8) is 0 Å². The van der Waals surface area contributed by atoms with E-state index < -0.39 is 23.2 Å². The standard InChI is InChI=1S/C16H16N2O5/c1-9(10-3-5-12(23-2)6-4-10)17-18-16(22)11-7-13(19)15(21)14(20)8-11/h3-8,19-21H,1-2H3,(H,18,22)/b17-9+. The number of hydrogen-bond donors (Lipinski definition) is 4. The zero-order valence-corrected chi connectivity index (χ0v) is 12.6. The largest absolute Gasteiger partial charge is 0.504 e. The number of methoxy groups -OCH3 is 1. The lowest BCUT2D eigenvalue weighted by Gasteiger charge is -2.06. The lowest BCUT2D eigenvalue weighted by atomic mass is 10.1. The summed E-state index contributed by atoms with van der Waals surface area (Å²) in [5.74, 6) is -1.79. The molecule has 0 fully saturated rings. The van der Waals surface area contributed by atoms with Gasteiger partial charge in [-0.2, -0.15) is 5.10 Å². The van der Waals surface area contributed by atoms with E-state index >= 15 is 0 Å². The first-order valence-electron chi connectivity index (χ1n) is 6.66. The Hall–Kier alpha value is -3.22. The molecule has 0 heterocycles. The van der Waals surface area contributed by atoms with E-state index in [1.165, 1.54) is 0 Å². The fourth-order valence-electron chi connectivity index (χ4n) is 1.83. The van der Waals surface area contributed by atoms with Crippen LogP contribution in [0.4, 0.5) is 0 Å². The number of ether oxygens (including phenoxy) is 1. The number of rotatable bonds is 4. The van der Waals surface area contributed by atoms with Crippen LogP contribution in [0.3, 0.4) is 0 Å². The Bertz CT molecular complexity index is 731. The molecule has 2 aromatic rings. The van der Waals surface area contributed by atoms with Gasteiger partial charge < -0.3 is 20.1 Å². The number of carbonyl (C=O) groups is 1. The van der Waals surface area contributed by atoms with E-state index in [4.69, 9.17) is 4.74 Å². The lowest BCUT2D eigenvalue weighted by molar-refractivity contribution is 0.0954. The third-order valence-corrected chi connectivity index (χ3v) is 3.16. The average molecular weight is 316 g/mol. The van der Waals surface area contributed by atoms with Crippen molar-refractivity contribution in [2.75, 3.05) is 7.11 Å². The topological polar surface area (TPSA) is 111 Å². The van der Waals surface area contributed by atoms with Crippen LogP contribution < -0.4 is 10.2 Å². The van der Waals surface area contributed by atoms with Crippen molar-refractivity contribution >= 4 is 11.6 Å². The van der Waals surface area contributed by atoms with Gasteiger partial charge in [0.1, 0.15) is 5.75 Å². The molecule has 0 aliphatic carbocycles. The maximum atomic E-state index is 12.0. The molecule has 2 aromatic carbocycles. The number of hydrazone groups is 1. The molecule has 0 saturated heterocycles. The van der Waals surface area contributed by atoms with Crippen LogP contribution in [0.1, 0.15) is 22.8 Å². The highest BCUT2D eigenvalue weighted by molar-refractivity contribution is 6.01. The van der Waals surface area contributed by atoms with Gasteiger partial charge in [-0.25, -0.2) is 5.43 Å². The van der Waals surface area contributed by atoms with Crippen LogP contribution >= 0.6 is 0 Å². The first kappa shape index (κ1) is 16.2. The van der Waals surface area contributed by atoms with E-state index in [0.29, 0.717) is 11.5 Å². The Balaban J connectivity index is 2.13. The third kappa shape index (κ3) is 3.70. The van der Waals surface area contributed by atoms with Crippen molar-refractivity contribution in [2.24, 2.45) is 5.10 Å². The predicted molar refractivity (Wildman–Crippen MR) is 84.1 cm³/mol. The fourth-order valence-corrected chi connectivity index (χ4v) is 1.83. The van der Waals surface area contributed by atoms with E-state index in [9.17, 15) is 20.1 Å². The summed E-state index contributed by atoms with van der Waals surface area (Å²) in [6.07, 6.45) is 0. The van der Waals surface area contributed by atoms with Gasteiger partial charge in [0, 0.05) is 5.56 Å². The number of amides is 1. The van der Waals surface area contributed by atoms with E-state index in [-0.39, 0.29) is 5.56 Å². The van der Waals surface area contributed by atoms with E-state index in [0.717, 1.165) is 17.7 Å². The molecule has 1 amide bonds. The van der Waals surface area contributed by atoms with Crippen molar-refractivity contribution in [2.45, 2.75) is 6.92 Å². The van der Waals surface area contributed by atoms with Gasteiger partial charge in [-0.1, -0.05) is 0 Å². The number of carbonyl (C=O) groups excluding carboxylic acids is 1. The number of phenolic OH excluding ortho intramolecular Hbond substituents is 3. The Morgan fingerprint density at radius 2 is 1.61 bits per heavy atom. The van der Waals surface area contributed by atoms with Crippen molar-refractivity contribution in [3.8, 4) is 23.0 Å². The molecule has 0 spiro atoms. The highest BCUT2D eigenvalue weighted by Crippen LogP contribution is 2.35. The predicted octanol–water partition coefficient (Wildman–Crippen LogP) is 1.97. The van der Waals surface area contributed by atoms with Crippen molar-refractivity contribution in [3.05, 3.63) is 47.5 Å². The minimum Gasteiger partial charge on any atom is -0.504 e. The summed E-state index contributed by atoms with van der Waals surface area (Å²) in [5.41, 5.74) is 3.63. The molecule has 0 unspecified atom stereocenters. The third-order valence-electron chi connectivity index (χ3n) is 3.16. The number of phenols is 3. The molecule has 0 aliphatic rings. The summed E-state index contributed by atoms with van der Waals surface area (Å²) in [5, 5.41) is 32.0. The van der Waals surface area contributed by atoms with Crippen LogP contribution in [0.5, 0.6) is 23.0 Å². The molecule has 0 aromatic heterocycles. The van der Waals surface area contributed by atoms with Gasteiger partial charge >= 0.3 is 0 Å². The second kappa shape index (κ2) is 6.69. The Morgan fingerprint density at radius 1 is 1.04 bits per heavy atom. The van der Waals surface area contributed by atoms with Crippen molar-refractivity contribution in [1.29, 1.82) is 0 Å². The average Bonchev–Trinajstić information content (AvgIpc) is 2.56. The summed E-state index contributed by atoms with van der Waals surface area (Å²) >= 11 is 0. The molecule has 0 bridgehead atoms. The van der Waals surface area contributed by atoms with Gasteiger partial charge in [0.05, 0.1) is 12.8 Å². The van der Waals surface area contributed by atoms with Crippen LogP contribution in [-0.2, 0) is 0 Å². The SMILES string of the molecule is COc1ccc(/C(C)=N/NC(=O)c2cc(O)c(O)c(O)c2)cc1. The highest BCUT2D eigenvalue weighted by Gasteiger charge is 2.13. The number of benzene rings is 2. The molecule has 7 nitrogen and oxygen atoms in total. The van der Waals surface area contributed by atoms with Crippen LogP contribution in [0.15, 0.2) is 41.5 Å². The molecule has 0 aliphatic heterocycles. The maximum absolute atomic E-state index is 12.0. The summed E-state index contributed by atoms with van der Waals surface area (Å²) in [6, 6.07) is 9.19. The van der Waals surface area contributed by atoms with Crippen LogP contribution in [0.2, 0.25) is 0 Å². The molecule has 0 radical (unpaired) electrons. The molecule has 7 heteroatoms. The molecule has 0 saturated carbocycles. The first-order valence-corrected chi connectivity index (χ1v) is 6.66. The van der Waals surface area contributed by atoms with Gasteiger partial charge in [-0.05, 0) is 48.9 Å². The molecule has 23 heavy (non-hydrogen) atoms. The quantitative estimate of drug-likeness (QED) is 0.391. The smallest absolute Gasteiger partial charge is 0.271 e. The number of hydrogen-bond acceptors (Lipinski definition) is 6. The number of nitrogens with zero attached hydrogens (tertiary/aromatic N) is 1. The number of aromatic hydroxyl groups is 3. The van der Waals surface area contributed by atoms with Gasteiger partial charge in [-0.15, -0.1) is 0 Å². The minimum atomic E-state index is -0.681. The summed E-state index contributed by atoms with van der Waals surface area (Å²) in [4.78, 5) is 12.0. The molecule has 120 valence electrons. The first-order chi connectivity index (χ1) is 10.9. The van der Waals surface area contributed by atoms with Gasteiger partial charge in [0.2, 0.25) is 0 Å². The van der Waals surface area contributed by atoms with Crippen molar-refractivity contribution < 1.29 is 24.9 Å². The zero-order chi connectivity index (χ0) is 17.0. The van der Waals surface area contributed by atoms with Crippen LogP contribution in [0, 0.1) is 0 Å². The van der Waals surface area contributed by atoms with Gasteiger partial charge in [-0.3, -0.25) is 4.79 Å². The summed E-state index contributed by atoms with van der Waals surface area (Å²) < 4.78 is 5.06. The Morgan fingerprint density at radius 3 is 2.13 bits per heavy atom.